The lowest BCUT2D eigenvalue weighted by molar-refractivity contribution is -0.319. The third-order valence-electron chi connectivity index (χ3n) is 2.42. The van der Waals surface area contributed by atoms with E-state index in [2.05, 4.69) is 9.25 Å². The lowest BCUT2D eigenvalue weighted by Crippen LogP contribution is -2.36. The van der Waals surface area contributed by atoms with E-state index < -0.39 is 13.7 Å². The third kappa shape index (κ3) is 1.74. The quantitative estimate of drug-likeness (QED) is 0.538. The number of allylic oxidation sites excluding steroid dienone is 1. The van der Waals surface area contributed by atoms with E-state index in [1.54, 1.807) is 0 Å². The fourth-order valence-corrected chi connectivity index (χ4v) is 2.46. The second-order valence-electron chi connectivity index (χ2n) is 3.24. The van der Waals surface area contributed by atoms with Gasteiger partial charge in [-0.1, -0.05) is 24.6 Å². The number of phosphoric acid groups is 1. The van der Waals surface area contributed by atoms with Gasteiger partial charge in [-0.3, -0.25) is 9.32 Å². The molecule has 0 N–H and O–H groups in total. The molecular formula is C8H12NO5P. The van der Waals surface area contributed by atoms with E-state index >= 15 is 0 Å². The largest absolute Gasteiger partial charge is 0.522 e. The van der Waals surface area contributed by atoms with Gasteiger partial charge in [-0.05, 0) is 12.8 Å². The van der Waals surface area contributed by atoms with Crippen LogP contribution in [0.25, 0.3) is 0 Å². The number of rotatable bonds is 2. The van der Waals surface area contributed by atoms with Crippen molar-refractivity contribution >= 4 is 13.7 Å². The Kier molecular flexibility index (Phi) is 2.68. The highest BCUT2D eigenvalue weighted by atomic mass is 31.2. The van der Waals surface area contributed by atoms with Crippen LogP contribution in [0.4, 0.5) is 0 Å². The van der Waals surface area contributed by atoms with Gasteiger partial charge in [0, 0.05) is 5.57 Å². The number of fused-ring (bicyclic) bond motifs is 3. The fraction of sp³-hybridized carbons (Fsp3) is 0.625. The molecule has 0 radical (unpaired) electrons. The molecule has 84 valence electrons. The summed E-state index contributed by atoms with van der Waals surface area (Å²) in [5.41, 5.74) is 1.45. The van der Waals surface area contributed by atoms with Crippen LogP contribution in [0.1, 0.15) is 26.7 Å². The van der Waals surface area contributed by atoms with Crippen molar-refractivity contribution in [3.8, 4) is 0 Å². The molecule has 7 heteroatoms. The van der Waals surface area contributed by atoms with Crippen molar-refractivity contribution in [2.75, 3.05) is 6.61 Å². The first-order valence-corrected chi connectivity index (χ1v) is 6.25. The molecule has 15 heavy (non-hydrogen) atoms. The van der Waals surface area contributed by atoms with E-state index in [9.17, 15) is 9.36 Å². The lowest BCUT2D eigenvalue weighted by atomic mass is 10.0. The number of hydrogen-bond acceptors (Lipinski definition) is 5. The van der Waals surface area contributed by atoms with Gasteiger partial charge in [0.15, 0.2) is 0 Å². The fourth-order valence-electron chi connectivity index (χ4n) is 1.55. The van der Waals surface area contributed by atoms with Crippen molar-refractivity contribution in [2.45, 2.75) is 26.7 Å². The standard InChI is InChI=1S/C8H12NO5P/c1-3-6(4-2)7-5-12-15(11)13-9(14-15)8(7)10/h3-5H2,1-2H3. The van der Waals surface area contributed by atoms with E-state index in [-0.39, 0.29) is 6.61 Å². The van der Waals surface area contributed by atoms with Gasteiger partial charge in [-0.25, -0.2) is 4.57 Å². The zero-order valence-electron chi connectivity index (χ0n) is 8.56. The van der Waals surface area contributed by atoms with Crippen molar-refractivity contribution in [2.24, 2.45) is 0 Å². The topological polar surface area (TPSA) is 65.1 Å². The third-order valence-corrected chi connectivity index (χ3v) is 3.56. The summed E-state index contributed by atoms with van der Waals surface area (Å²) >= 11 is 0. The van der Waals surface area contributed by atoms with Gasteiger partial charge in [0.2, 0.25) is 0 Å². The number of nitrogens with zero attached hydrogens (tertiary/aromatic N) is 1. The molecule has 0 aromatic carbocycles. The molecule has 3 aliphatic rings. The average molecular weight is 233 g/mol. The summed E-state index contributed by atoms with van der Waals surface area (Å²) in [4.78, 5) is 11.7. The highest BCUT2D eigenvalue weighted by molar-refractivity contribution is 7.49. The van der Waals surface area contributed by atoms with Crippen LogP contribution < -0.4 is 0 Å². The maximum atomic E-state index is 11.7. The van der Waals surface area contributed by atoms with Gasteiger partial charge >= 0.3 is 13.7 Å². The number of hydrogen-bond donors (Lipinski definition) is 0. The van der Waals surface area contributed by atoms with Gasteiger partial charge in [-0.2, -0.15) is 0 Å². The van der Waals surface area contributed by atoms with Crippen LogP contribution in [0, 0.1) is 0 Å². The number of amides is 1. The van der Waals surface area contributed by atoms with E-state index in [4.69, 9.17) is 4.52 Å². The Bertz CT molecular complexity index is 361. The summed E-state index contributed by atoms with van der Waals surface area (Å²) in [6, 6.07) is 0. The molecule has 0 spiro atoms. The molecule has 0 aliphatic carbocycles. The molecule has 3 rings (SSSR count). The predicted octanol–water partition coefficient (Wildman–Crippen LogP) is 1.95. The van der Waals surface area contributed by atoms with E-state index in [0.29, 0.717) is 10.8 Å². The molecule has 6 nitrogen and oxygen atoms in total. The van der Waals surface area contributed by atoms with Crippen molar-refractivity contribution in [3.63, 3.8) is 0 Å². The smallest absolute Gasteiger partial charge is 0.279 e. The van der Waals surface area contributed by atoms with Crippen LogP contribution in [0.15, 0.2) is 11.1 Å². The predicted molar refractivity (Wildman–Crippen MR) is 50.2 cm³/mol. The van der Waals surface area contributed by atoms with Gasteiger partial charge in [-0.15, -0.1) is 9.25 Å². The molecule has 3 heterocycles. The molecule has 1 amide bonds. The van der Waals surface area contributed by atoms with Crippen LogP contribution in [0.3, 0.4) is 0 Å². The van der Waals surface area contributed by atoms with Crippen molar-refractivity contribution in [1.29, 1.82) is 0 Å². The van der Waals surface area contributed by atoms with Crippen LogP contribution in [-0.2, 0) is 23.1 Å². The molecule has 0 aromatic rings. The molecule has 0 aromatic heterocycles. The molecule has 3 fully saturated rings. The van der Waals surface area contributed by atoms with E-state index in [1.807, 2.05) is 13.8 Å². The summed E-state index contributed by atoms with van der Waals surface area (Å²) in [5.74, 6) is -0.419. The summed E-state index contributed by atoms with van der Waals surface area (Å²) in [7, 11) is -3.45. The molecule has 3 saturated heterocycles. The second kappa shape index (κ2) is 3.72. The zero-order valence-corrected chi connectivity index (χ0v) is 9.45. The van der Waals surface area contributed by atoms with Crippen molar-refractivity contribution in [3.05, 3.63) is 11.1 Å². The Labute approximate surface area is 87.3 Å². The number of hydroxylamine groups is 2. The molecule has 2 bridgehead atoms. The Morgan fingerprint density at radius 3 is 2.53 bits per heavy atom. The monoisotopic (exact) mass is 233 g/mol. The Hall–Kier alpha value is -0.680. The second-order valence-corrected chi connectivity index (χ2v) is 4.71. The van der Waals surface area contributed by atoms with Crippen LogP contribution in [0.2, 0.25) is 0 Å². The van der Waals surface area contributed by atoms with E-state index in [0.717, 1.165) is 18.4 Å². The molecule has 0 atom stereocenters. The summed E-state index contributed by atoms with van der Waals surface area (Å²) in [6.45, 7) is 3.89. The molecule has 0 unspecified atom stereocenters. The highest BCUT2D eigenvalue weighted by Gasteiger charge is 2.52. The maximum absolute atomic E-state index is 11.7. The highest BCUT2D eigenvalue weighted by Crippen LogP contribution is 2.61. The van der Waals surface area contributed by atoms with Gasteiger partial charge in [0.05, 0.1) is 6.61 Å². The summed E-state index contributed by atoms with van der Waals surface area (Å²) < 4.78 is 25.5. The Balaban J connectivity index is 2.31. The van der Waals surface area contributed by atoms with Gasteiger partial charge < -0.3 is 0 Å². The van der Waals surface area contributed by atoms with Crippen LogP contribution in [0.5, 0.6) is 0 Å². The lowest BCUT2D eigenvalue weighted by Gasteiger charge is -2.29. The molecule has 3 aliphatic heterocycles. The Morgan fingerprint density at radius 2 is 2.00 bits per heavy atom. The van der Waals surface area contributed by atoms with Gasteiger partial charge in [0.1, 0.15) is 0 Å². The number of carbonyl (C=O) groups is 1. The zero-order chi connectivity index (χ0) is 11.1. The van der Waals surface area contributed by atoms with Crippen molar-refractivity contribution in [1.82, 2.24) is 5.23 Å². The van der Waals surface area contributed by atoms with Gasteiger partial charge in [0.25, 0.3) is 0 Å². The Morgan fingerprint density at radius 1 is 1.40 bits per heavy atom. The normalized spacial score (nSPS) is 23.5. The SMILES string of the molecule is CCC(CC)=C1COP2(=O)ON(O2)C1=O. The van der Waals surface area contributed by atoms with E-state index in [1.165, 1.54) is 0 Å². The minimum Gasteiger partial charge on any atom is -0.279 e. The minimum atomic E-state index is -3.45. The average Bonchev–Trinajstić information content (AvgIpc) is 2.36. The maximum Gasteiger partial charge on any atom is 0.522 e. The van der Waals surface area contributed by atoms with Crippen LogP contribution >= 0.6 is 7.82 Å². The van der Waals surface area contributed by atoms with Crippen LogP contribution in [-0.4, -0.2) is 17.7 Å². The number of carbonyl (C=O) groups excluding carboxylic acids is 1. The minimum absolute atomic E-state index is 0.0103. The first-order chi connectivity index (χ1) is 7.09. The van der Waals surface area contributed by atoms with Crippen molar-refractivity contribution < 1.29 is 23.1 Å². The molecular weight excluding hydrogens is 221 g/mol. The first-order valence-electron chi connectivity index (χ1n) is 4.79. The molecule has 0 saturated carbocycles. The first kappa shape index (κ1) is 10.8. The summed E-state index contributed by atoms with van der Waals surface area (Å²) in [6.07, 6.45) is 1.50. The summed E-state index contributed by atoms with van der Waals surface area (Å²) in [5, 5.41) is 0.633.